The first kappa shape index (κ1) is 12.6. The Morgan fingerprint density at radius 2 is 2.27 bits per heavy atom. The third-order valence-electron chi connectivity index (χ3n) is 3.31. The SMILES string of the molecule is C=COCCCC1(CC)CCS(=O)(=O)C1. The van der Waals surface area contributed by atoms with E-state index in [1.165, 1.54) is 6.26 Å². The lowest BCUT2D eigenvalue weighted by Crippen LogP contribution is -2.21. The van der Waals surface area contributed by atoms with Gasteiger partial charge < -0.3 is 4.74 Å². The minimum Gasteiger partial charge on any atom is -0.502 e. The Kier molecular flexibility index (Phi) is 4.20. The van der Waals surface area contributed by atoms with Gasteiger partial charge in [-0.3, -0.25) is 0 Å². The first-order valence-corrected chi connectivity index (χ1v) is 7.29. The molecule has 0 spiro atoms. The third kappa shape index (κ3) is 3.52. The molecule has 1 aliphatic heterocycles. The van der Waals surface area contributed by atoms with E-state index < -0.39 is 9.84 Å². The Morgan fingerprint density at radius 1 is 1.53 bits per heavy atom. The molecule has 0 aliphatic carbocycles. The topological polar surface area (TPSA) is 43.4 Å². The Hall–Kier alpha value is -0.510. The van der Waals surface area contributed by atoms with Crippen LogP contribution in [0.4, 0.5) is 0 Å². The van der Waals surface area contributed by atoms with Gasteiger partial charge in [-0.25, -0.2) is 8.42 Å². The van der Waals surface area contributed by atoms with Crippen molar-refractivity contribution in [2.24, 2.45) is 5.41 Å². The van der Waals surface area contributed by atoms with E-state index in [0.717, 1.165) is 25.7 Å². The maximum absolute atomic E-state index is 11.4. The Labute approximate surface area is 92.4 Å². The van der Waals surface area contributed by atoms with Crippen LogP contribution in [0.2, 0.25) is 0 Å². The maximum Gasteiger partial charge on any atom is 0.150 e. The van der Waals surface area contributed by atoms with Crippen molar-refractivity contribution in [3.63, 3.8) is 0 Å². The van der Waals surface area contributed by atoms with Crippen LogP contribution >= 0.6 is 0 Å². The van der Waals surface area contributed by atoms with Crippen LogP contribution in [0.15, 0.2) is 12.8 Å². The van der Waals surface area contributed by atoms with Gasteiger partial charge in [0, 0.05) is 0 Å². The minimum atomic E-state index is -2.77. The number of ether oxygens (including phenoxy) is 1. The van der Waals surface area contributed by atoms with Crippen molar-refractivity contribution >= 4 is 9.84 Å². The molecule has 0 amide bonds. The normalized spacial score (nSPS) is 28.9. The highest BCUT2D eigenvalue weighted by Gasteiger charge is 2.40. The molecule has 1 rings (SSSR count). The summed E-state index contributed by atoms with van der Waals surface area (Å²) in [6.45, 7) is 6.20. The lowest BCUT2D eigenvalue weighted by Gasteiger charge is -2.25. The molecule has 0 aromatic rings. The van der Waals surface area contributed by atoms with Gasteiger partial charge in [0.25, 0.3) is 0 Å². The second-order valence-corrected chi connectivity index (χ2v) is 6.52. The molecule has 4 heteroatoms. The van der Waals surface area contributed by atoms with Crippen molar-refractivity contribution in [3.8, 4) is 0 Å². The number of hydrogen-bond donors (Lipinski definition) is 0. The molecule has 1 aliphatic rings. The number of sulfone groups is 1. The highest BCUT2D eigenvalue weighted by atomic mass is 32.2. The molecule has 0 aromatic heterocycles. The van der Waals surface area contributed by atoms with Crippen LogP contribution < -0.4 is 0 Å². The van der Waals surface area contributed by atoms with Crippen molar-refractivity contribution in [2.45, 2.75) is 32.6 Å². The average molecular weight is 232 g/mol. The minimum absolute atomic E-state index is 0.0172. The van der Waals surface area contributed by atoms with Gasteiger partial charge in [0.05, 0.1) is 24.4 Å². The predicted octanol–water partition coefficient (Wildman–Crippen LogP) is 2.14. The van der Waals surface area contributed by atoms with E-state index >= 15 is 0 Å². The van der Waals surface area contributed by atoms with Gasteiger partial charge in [-0.2, -0.15) is 0 Å². The summed E-state index contributed by atoms with van der Waals surface area (Å²) in [5.74, 6) is 0.730. The second kappa shape index (κ2) is 5.01. The van der Waals surface area contributed by atoms with Crippen molar-refractivity contribution in [2.75, 3.05) is 18.1 Å². The first-order chi connectivity index (χ1) is 7.04. The van der Waals surface area contributed by atoms with Crippen molar-refractivity contribution in [1.29, 1.82) is 0 Å². The van der Waals surface area contributed by atoms with Crippen LogP contribution in [0, 0.1) is 5.41 Å². The van der Waals surface area contributed by atoms with Crippen LogP contribution in [0.25, 0.3) is 0 Å². The monoisotopic (exact) mass is 232 g/mol. The van der Waals surface area contributed by atoms with Crippen LogP contribution in [-0.4, -0.2) is 26.5 Å². The Morgan fingerprint density at radius 3 is 2.73 bits per heavy atom. The molecule has 3 nitrogen and oxygen atoms in total. The molecule has 1 fully saturated rings. The molecular weight excluding hydrogens is 212 g/mol. The Balaban J connectivity index is 2.45. The van der Waals surface area contributed by atoms with Gasteiger partial charge in [-0.15, -0.1) is 0 Å². The summed E-state index contributed by atoms with van der Waals surface area (Å²) in [4.78, 5) is 0. The molecule has 0 aromatic carbocycles. The average Bonchev–Trinajstić information content (AvgIpc) is 2.50. The number of hydrogen-bond acceptors (Lipinski definition) is 3. The zero-order valence-corrected chi connectivity index (χ0v) is 10.2. The second-order valence-electron chi connectivity index (χ2n) is 4.34. The maximum atomic E-state index is 11.4. The molecule has 1 saturated heterocycles. The van der Waals surface area contributed by atoms with E-state index in [4.69, 9.17) is 4.74 Å². The molecule has 0 N–H and O–H groups in total. The van der Waals surface area contributed by atoms with E-state index in [9.17, 15) is 8.42 Å². The standard InChI is InChI=1S/C11H20O3S/c1-3-11(6-5-8-14-4-2)7-9-15(12,13)10-11/h4H,2-3,5-10H2,1H3. The Bertz CT molecular complexity index is 308. The predicted molar refractivity (Wildman–Crippen MR) is 61.4 cm³/mol. The highest BCUT2D eigenvalue weighted by molar-refractivity contribution is 7.91. The van der Waals surface area contributed by atoms with Crippen LogP contribution in [0.3, 0.4) is 0 Å². The van der Waals surface area contributed by atoms with Crippen LogP contribution in [0.5, 0.6) is 0 Å². The summed E-state index contributed by atoms with van der Waals surface area (Å²) in [5.41, 5.74) is 0.0172. The molecule has 0 bridgehead atoms. The highest BCUT2D eigenvalue weighted by Crippen LogP contribution is 2.39. The van der Waals surface area contributed by atoms with E-state index in [-0.39, 0.29) is 5.41 Å². The summed E-state index contributed by atoms with van der Waals surface area (Å²) >= 11 is 0. The smallest absolute Gasteiger partial charge is 0.150 e. The van der Waals surface area contributed by atoms with E-state index in [0.29, 0.717) is 18.1 Å². The third-order valence-corrected chi connectivity index (χ3v) is 5.18. The molecule has 1 unspecified atom stereocenters. The zero-order chi connectivity index (χ0) is 11.4. The van der Waals surface area contributed by atoms with E-state index in [1.807, 2.05) is 0 Å². The van der Waals surface area contributed by atoms with Crippen molar-refractivity contribution in [3.05, 3.63) is 12.8 Å². The molecule has 0 radical (unpaired) electrons. The number of rotatable bonds is 6. The molecule has 88 valence electrons. The lowest BCUT2D eigenvalue weighted by atomic mass is 9.80. The van der Waals surface area contributed by atoms with Gasteiger partial charge >= 0.3 is 0 Å². The summed E-state index contributed by atoms with van der Waals surface area (Å²) in [5, 5.41) is 0. The summed E-state index contributed by atoms with van der Waals surface area (Å²) in [6, 6.07) is 0. The van der Waals surface area contributed by atoms with Gasteiger partial charge in [0.1, 0.15) is 0 Å². The summed E-state index contributed by atoms with van der Waals surface area (Å²) in [7, 11) is -2.77. The molecule has 1 atom stereocenters. The van der Waals surface area contributed by atoms with Gasteiger partial charge in [-0.1, -0.05) is 13.5 Å². The molecule has 15 heavy (non-hydrogen) atoms. The fourth-order valence-corrected chi connectivity index (χ4v) is 4.56. The van der Waals surface area contributed by atoms with Gasteiger partial charge in [-0.05, 0) is 31.1 Å². The summed E-state index contributed by atoms with van der Waals surface area (Å²) in [6.07, 6.45) is 5.05. The lowest BCUT2D eigenvalue weighted by molar-refractivity contribution is 0.206. The van der Waals surface area contributed by atoms with Gasteiger partial charge in [0.2, 0.25) is 0 Å². The van der Waals surface area contributed by atoms with Crippen molar-refractivity contribution in [1.82, 2.24) is 0 Å². The van der Waals surface area contributed by atoms with Gasteiger partial charge in [0.15, 0.2) is 9.84 Å². The van der Waals surface area contributed by atoms with Crippen LogP contribution in [-0.2, 0) is 14.6 Å². The molecule has 1 heterocycles. The van der Waals surface area contributed by atoms with E-state index in [2.05, 4.69) is 13.5 Å². The molecule has 0 saturated carbocycles. The quantitative estimate of drug-likeness (QED) is 0.520. The summed E-state index contributed by atoms with van der Waals surface area (Å²) < 4.78 is 27.9. The largest absolute Gasteiger partial charge is 0.502 e. The van der Waals surface area contributed by atoms with E-state index in [1.54, 1.807) is 0 Å². The fraction of sp³-hybridized carbons (Fsp3) is 0.818. The fourth-order valence-electron chi connectivity index (χ4n) is 2.25. The molecular formula is C11H20O3S. The first-order valence-electron chi connectivity index (χ1n) is 5.46. The van der Waals surface area contributed by atoms with Crippen molar-refractivity contribution < 1.29 is 13.2 Å². The zero-order valence-electron chi connectivity index (χ0n) is 9.37. The van der Waals surface area contributed by atoms with Crippen LogP contribution in [0.1, 0.15) is 32.6 Å².